The van der Waals surface area contributed by atoms with Gasteiger partial charge in [0.05, 0.1) is 14.2 Å². The summed E-state index contributed by atoms with van der Waals surface area (Å²) in [6, 6.07) is 5.32. The number of hydrogen-bond acceptors (Lipinski definition) is 8. The summed E-state index contributed by atoms with van der Waals surface area (Å²) < 4.78 is 12.4. The molecule has 1 saturated heterocycles. The van der Waals surface area contributed by atoms with Gasteiger partial charge in [-0.1, -0.05) is 0 Å². The number of ether oxygens (including phenoxy) is 2. The number of carbonyl (C=O) groups is 1. The van der Waals surface area contributed by atoms with E-state index in [9.17, 15) is 4.79 Å². The first-order valence-electron chi connectivity index (χ1n) is 9.70. The van der Waals surface area contributed by atoms with Gasteiger partial charge in [0, 0.05) is 42.8 Å². The highest BCUT2D eigenvalue weighted by molar-refractivity contribution is 6.04. The first-order chi connectivity index (χ1) is 14.6. The minimum Gasteiger partial charge on any atom is -0.497 e. The molecule has 0 saturated carbocycles. The molecule has 1 aliphatic rings. The number of aromatic nitrogens is 3. The van der Waals surface area contributed by atoms with Crippen molar-refractivity contribution >= 4 is 29.0 Å². The molecule has 1 aromatic carbocycles. The van der Waals surface area contributed by atoms with Gasteiger partial charge in [-0.25, -0.2) is 4.98 Å². The van der Waals surface area contributed by atoms with Crippen molar-refractivity contribution in [1.82, 2.24) is 19.7 Å². The van der Waals surface area contributed by atoms with Crippen LogP contribution in [0.5, 0.6) is 11.5 Å². The fourth-order valence-electron chi connectivity index (χ4n) is 3.56. The molecule has 2 aromatic heterocycles. The molecule has 0 spiro atoms. The lowest BCUT2D eigenvalue weighted by Crippen LogP contribution is -2.21. The Balaban J connectivity index is 1.74. The topological polar surface area (TPSA) is 128 Å². The molecule has 1 aliphatic heterocycles. The standard InChI is InChI=1S/C20H25N7O3/c1-29-14-7-13(8-15(9-14)30-2)25-18-16(17(21)28)19-23-5-6-27(19)20(26-18)24-11-12-3-4-22-10-12/h5-9,12,22,25H,3-4,10-11H2,1-2H3,(H2,21,28)(H,24,26). The molecule has 0 aliphatic carbocycles. The fourth-order valence-corrected chi connectivity index (χ4v) is 3.56. The van der Waals surface area contributed by atoms with Crippen LogP contribution in [-0.2, 0) is 0 Å². The van der Waals surface area contributed by atoms with Gasteiger partial charge in [-0.3, -0.25) is 9.20 Å². The van der Waals surface area contributed by atoms with Crippen molar-refractivity contribution in [2.75, 3.05) is 44.5 Å². The van der Waals surface area contributed by atoms with Crippen molar-refractivity contribution in [3.05, 3.63) is 36.2 Å². The number of methoxy groups -OCH3 is 2. The van der Waals surface area contributed by atoms with Crippen LogP contribution in [0.2, 0.25) is 0 Å². The summed E-state index contributed by atoms with van der Waals surface area (Å²) >= 11 is 0. The lowest BCUT2D eigenvalue weighted by Gasteiger charge is -2.17. The van der Waals surface area contributed by atoms with Gasteiger partial charge in [0.2, 0.25) is 5.95 Å². The number of amides is 1. The summed E-state index contributed by atoms with van der Waals surface area (Å²) in [7, 11) is 3.14. The Morgan fingerprint density at radius 1 is 1.30 bits per heavy atom. The van der Waals surface area contributed by atoms with Gasteiger partial charge in [-0.2, -0.15) is 4.98 Å². The van der Waals surface area contributed by atoms with Gasteiger partial charge in [-0.15, -0.1) is 0 Å². The number of nitrogens with one attached hydrogen (secondary N) is 3. The maximum Gasteiger partial charge on any atom is 0.256 e. The first-order valence-corrected chi connectivity index (χ1v) is 9.70. The second-order valence-electron chi connectivity index (χ2n) is 7.11. The van der Waals surface area contributed by atoms with E-state index in [1.54, 1.807) is 49.2 Å². The minimum absolute atomic E-state index is 0.204. The number of primary amides is 1. The molecule has 0 radical (unpaired) electrons. The van der Waals surface area contributed by atoms with Crippen LogP contribution in [-0.4, -0.2) is 54.1 Å². The lowest BCUT2D eigenvalue weighted by molar-refractivity contribution is 0.100. The molecule has 4 rings (SSSR count). The number of imidazole rings is 1. The monoisotopic (exact) mass is 411 g/mol. The van der Waals surface area contributed by atoms with E-state index in [2.05, 4.69) is 25.9 Å². The van der Waals surface area contributed by atoms with E-state index in [4.69, 9.17) is 15.2 Å². The summed E-state index contributed by atoms with van der Waals surface area (Å²) in [5.41, 5.74) is 6.96. The number of rotatable bonds is 8. The fraction of sp³-hybridized carbons (Fsp3) is 0.350. The van der Waals surface area contributed by atoms with E-state index in [0.29, 0.717) is 40.5 Å². The van der Waals surface area contributed by atoms with Crippen LogP contribution in [0.25, 0.3) is 5.65 Å². The smallest absolute Gasteiger partial charge is 0.256 e. The summed E-state index contributed by atoms with van der Waals surface area (Å²) in [6.07, 6.45) is 4.47. The minimum atomic E-state index is -0.623. The maximum atomic E-state index is 12.3. The average Bonchev–Trinajstić information content (AvgIpc) is 3.43. The number of carbonyl (C=O) groups excluding carboxylic acids is 1. The van der Waals surface area contributed by atoms with Gasteiger partial charge >= 0.3 is 0 Å². The highest BCUT2D eigenvalue weighted by Gasteiger charge is 2.21. The van der Waals surface area contributed by atoms with Crippen molar-refractivity contribution in [2.45, 2.75) is 6.42 Å². The molecule has 1 fully saturated rings. The number of anilines is 3. The van der Waals surface area contributed by atoms with Crippen molar-refractivity contribution in [3.63, 3.8) is 0 Å². The van der Waals surface area contributed by atoms with Crippen molar-refractivity contribution in [1.29, 1.82) is 0 Å². The summed E-state index contributed by atoms with van der Waals surface area (Å²) in [6.45, 7) is 2.75. The number of hydrogen-bond donors (Lipinski definition) is 4. The van der Waals surface area contributed by atoms with Gasteiger partial charge in [0.25, 0.3) is 5.91 Å². The molecule has 1 unspecified atom stereocenters. The summed E-state index contributed by atoms with van der Waals surface area (Å²) in [4.78, 5) is 21.2. The van der Waals surface area contributed by atoms with Crippen LogP contribution in [0, 0.1) is 5.92 Å². The largest absolute Gasteiger partial charge is 0.497 e. The Kier molecular flexibility index (Phi) is 5.57. The Bertz CT molecular complexity index is 1040. The molecular weight excluding hydrogens is 386 g/mol. The second-order valence-corrected chi connectivity index (χ2v) is 7.11. The molecule has 158 valence electrons. The van der Waals surface area contributed by atoms with Gasteiger partial charge in [0.15, 0.2) is 11.5 Å². The van der Waals surface area contributed by atoms with Crippen molar-refractivity contribution < 1.29 is 14.3 Å². The van der Waals surface area contributed by atoms with E-state index < -0.39 is 5.91 Å². The molecule has 1 amide bonds. The van der Waals surface area contributed by atoms with Crippen LogP contribution in [0.4, 0.5) is 17.5 Å². The predicted octanol–water partition coefficient (Wildman–Crippen LogP) is 1.61. The molecule has 30 heavy (non-hydrogen) atoms. The van der Waals surface area contributed by atoms with Crippen LogP contribution >= 0.6 is 0 Å². The Morgan fingerprint density at radius 2 is 2.07 bits per heavy atom. The molecule has 10 nitrogen and oxygen atoms in total. The summed E-state index contributed by atoms with van der Waals surface area (Å²) in [5, 5.41) is 9.91. The van der Waals surface area contributed by atoms with E-state index >= 15 is 0 Å². The first kappa shape index (κ1) is 19.8. The molecular formula is C20H25N7O3. The molecule has 5 N–H and O–H groups in total. The second kappa shape index (κ2) is 8.46. The zero-order chi connectivity index (χ0) is 21.1. The third kappa shape index (κ3) is 3.94. The molecule has 1 atom stereocenters. The third-order valence-electron chi connectivity index (χ3n) is 5.12. The number of fused-ring (bicyclic) bond motifs is 1. The quantitative estimate of drug-likeness (QED) is 0.440. The average molecular weight is 411 g/mol. The van der Waals surface area contributed by atoms with E-state index in [-0.39, 0.29) is 5.56 Å². The Hall–Kier alpha value is -3.53. The molecule has 10 heteroatoms. The van der Waals surface area contributed by atoms with Gasteiger partial charge in [-0.05, 0) is 25.4 Å². The predicted molar refractivity (Wildman–Crippen MR) is 114 cm³/mol. The van der Waals surface area contributed by atoms with E-state index in [0.717, 1.165) is 26.1 Å². The molecule has 0 bridgehead atoms. The third-order valence-corrected chi connectivity index (χ3v) is 5.12. The van der Waals surface area contributed by atoms with Crippen LogP contribution < -0.4 is 31.2 Å². The highest BCUT2D eigenvalue weighted by Crippen LogP contribution is 2.30. The van der Waals surface area contributed by atoms with Crippen molar-refractivity contribution in [3.8, 4) is 11.5 Å². The maximum absolute atomic E-state index is 12.3. The molecule has 3 aromatic rings. The van der Waals surface area contributed by atoms with Crippen molar-refractivity contribution in [2.24, 2.45) is 11.7 Å². The van der Waals surface area contributed by atoms with Crippen LogP contribution in [0.1, 0.15) is 16.8 Å². The van der Waals surface area contributed by atoms with E-state index in [1.165, 1.54) is 0 Å². The number of benzene rings is 1. The van der Waals surface area contributed by atoms with Crippen LogP contribution in [0.15, 0.2) is 30.6 Å². The van der Waals surface area contributed by atoms with Crippen LogP contribution in [0.3, 0.4) is 0 Å². The number of nitrogens with two attached hydrogens (primary N) is 1. The Labute approximate surface area is 173 Å². The summed E-state index contributed by atoms with van der Waals surface area (Å²) in [5.74, 6) is 1.99. The lowest BCUT2D eigenvalue weighted by atomic mass is 10.1. The SMILES string of the molecule is COc1cc(Nc2nc(NCC3CCNC3)n3ccnc3c2C(N)=O)cc(OC)c1. The number of nitrogens with zero attached hydrogens (tertiary/aromatic N) is 3. The Morgan fingerprint density at radius 3 is 2.70 bits per heavy atom. The normalized spacial score (nSPS) is 15.9. The molecule has 3 heterocycles. The van der Waals surface area contributed by atoms with Gasteiger partial charge in [0.1, 0.15) is 17.1 Å². The van der Waals surface area contributed by atoms with Gasteiger partial charge < -0.3 is 31.2 Å². The van der Waals surface area contributed by atoms with E-state index in [1.807, 2.05) is 0 Å². The zero-order valence-electron chi connectivity index (χ0n) is 16.9. The highest BCUT2D eigenvalue weighted by atomic mass is 16.5. The zero-order valence-corrected chi connectivity index (χ0v) is 16.9.